The van der Waals surface area contributed by atoms with Crippen LogP contribution in [0.5, 0.6) is 0 Å². The van der Waals surface area contributed by atoms with Gasteiger partial charge in [-0.3, -0.25) is 5.32 Å². The Balaban J connectivity index is 0.000000980. The van der Waals surface area contributed by atoms with Crippen LogP contribution < -0.4 is 10.6 Å². The van der Waals surface area contributed by atoms with Crippen LogP contribution in [0.4, 0.5) is 0 Å². The Morgan fingerprint density at radius 2 is 2.29 bits per heavy atom. The number of rotatable bonds is 2. The summed E-state index contributed by atoms with van der Waals surface area (Å²) in [5.74, 6) is 0.794. The summed E-state index contributed by atoms with van der Waals surface area (Å²) in [6, 6.07) is 0.513. The first kappa shape index (κ1) is 12.2. The first-order chi connectivity index (χ1) is 6.18. The lowest BCUT2D eigenvalue weighted by Gasteiger charge is -2.27. The fourth-order valence-electron chi connectivity index (χ4n) is 2.47. The lowest BCUT2D eigenvalue weighted by Crippen LogP contribution is -2.42. The van der Waals surface area contributed by atoms with Gasteiger partial charge in [-0.05, 0) is 45.7 Å². The summed E-state index contributed by atoms with van der Waals surface area (Å²) in [5.41, 5.74) is -0.0594. The topological polar surface area (TPSA) is 33.3 Å². The molecule has 0 aromatic rings. The average Bonchev–Trinajstić information content (AvgIpc) is 2.62. The Bertz CT molecular complexity index is 185. The van der Waals surface area contributed by atoms with Crippen molar-refractivity contribution in [2.24, 2.45) is 5.92 Å². The molecule has 14 heavy (non-hydrogen) atoms. The highest BCUT2D eigenvalue weighted by Gasteiger charge is 2.35. The predicted molar refractivity (Wildman–Crippen MR) is 59.8 cm³/mol. The molecule has 84 valence electrons. The number of hydrogen-bond donors (Lipinski definition) is 2. The minimum absolute atomic E-state index is 0. The predicted octanol–water partition coefficient (Wildman–Crippen LogP) is 1.13. The maximum absolute atomic E-state index is 5.78. The van der Waals surface area contributed by atoms with Crippen LogP contribution in [0.25, 0.3) is 0 Å². The van der Waals surface area contributed by atoms with Gasteiger partial charge in [0.2, 0.25) is 0 Å². The first-order valence-electron chi connectivity index (χ1n) is 5.30. The van der Waals surface area contributed by atoms with Gasteiger partial charge in [0.25, 0.3) is 0 Å². The largest absolute Gasteiger partial charge is 0.359 e. The van der Waals surface area contributed by atoms with Gasteiger partial charge in [0.1, 0.15) is 5.72 Å². The molecule has 2 heterocycles. The van der Waals surface area contributed by atoms with Crippen molar-refractivity contribution in [1.82, 2.24) is 10.6 Å². The molecular weight excluding hydrogens is 200 g/mol. The zero-order valence-electron chi connectivity index (χ0n) is 9.01. The third-order valence-electron chi connectivity index (χ3n) is 3.04. The van der Waals surface area contributed by atoms with Crippen LogP contribution in [0.15, 0.2) is 0 Å². The maximum Gasteiger partial charge on any atom is 0.117 e. The van der Waals surface area contributed by atoms with Crippen molar-refractivity contribution < 1.29 is 4.74 Å². The normalized spacial score (nSPS) is 42.4. The second-order valence-corrected chi connectivity index (χ2v) is 4.65. The van der Waals surface area contributed by atoms with E-state index in [1.54, 1.807) is 0 Å². The summed E-state index contributed by atoms with van der Waals surface area (Å²) < 4.78 is 5.78. The monoisotopic (exact) mass is 220 g/mol. The van der Waals surface area contributed by atoms with Gasteiger partial charge in [0.05, 0.1) is 6.61 Å². The molecular formula is C10H21ClN2O. The molecule has 2 N–H and O–H groups in total. The highest BCUT2D eigenvalue weighted by molar-refractivity contribution is 5.85. The molecule has 0 radical (unpaired) electrons. The molecule has 2 aliphatic heterocycles. The molecule has 0 aromatic heterocycles. The van der Waals surface area contributed by atoms with Gasteiger partial charge in [0, 0.05) is 6.04 Å². The third-order valence-corrected chi connectivity index (χ3v) is 3.04. The van der Waals surface area contributed by atoms with Crippen molar-refractivity contribution in [3.63, 3.8) is 0 Å². The number of ether oxygens (including phenoxy) is 1. The molecule has 0 spiro atoms. The zero-order chi connectivity index (χ0) is 9.31. The molecule has 0 aliphatic carbocycles. The van der Waals surface area contributed by atoms with Crippen LogP contribution in [-0.2, 0) is 4.74 Å². The molecule has 0 aromatic carbocycles. The summed E-state index contributed by atoms with van der Waals surface area (Å²) in [5, 5.41) is 6.90. The van der Waals surface area contributed by atoms with Gasteiger partial charge in [-0.15, -0.1) is 12.4 Å². The fourth-order valence-corrected chi connectivity index (χ4v) is 2.47. The molecule has 2 rings (SSSR count). The lowest BCUT2D eigenvalue weighted by molar-refractivity contribution is -0.0116. The molecule has 2 saturated heterocycles. The fraction of sp³-hybridized carbons (Fsp3) is 1.00. The Labute approximate surface area is 92.4 Å². The van der Waals surface area contributed by atoms with Crippen molar-refractivity contribution in [2.45, 2.75) is 38.5 Å². The molecule has 3 atom stereocenters. The average molecular weight is 221 g/mol. The summed E-state index contributed by atoms with van der Waals surface area (Å²) in [4.78, 5) is 0. The van der Waals surface area contributed by atoms with Crippen molar-refractivity contribution in [3.8, 4) is 0 Å². The van der Waals surface area contributed by atoms with Crippen LogP contribution in [0.1, 0.15) is 26.7 Å². The van der Waals surface area contributed by atoms with E-state index in [9.17, 15) is 0 Å². The maximum atomic E-state index is 5.78. The molecule has 0 bridgehead atoms. The van der Waals surface area contributed by atoms with Gasteiger partial charge < -0.3 is 10.1 Å². The van der Waals surface area contributed by atoms with E-state index in [4.69, 9.17) is 4.74 Å². The summed E-state index contributed by atoms with van der Waals surface area (Å²) in [7, 11) is 0. The lowest BCUT2D eigenvalue weighted by atomic mass is 9.97. The van der Waals surface area contributed by atoms with Crippen LogP contribution >= 0.6 is 12.4 Å². The van der Waals surface area contributed by atoms with Gasteiger partial charge >= 0.3 is 0 Å². The van der Waals surface area contributed by atoms with E-state index in [0.717, 1.165) is 25.5 Å². The summed E-state index contributed by atoms with van der Waals surface area (Å²) in [6.07, 6.45) is 2.44. The van der Waals surface area contributed by atoms with Crippen molar-refractivity contribution >= 4 is 12.4 Å². The molecule has 2 aliphatic rings. The second-order valence-electron chi connectivity index (χ2n) is 4.65. The van der Waals surface area contributed by atoms with E-state index >= 15 is 0 Å². The summed E-state index contributed by atoms with van der Waals surface area (Å²) >= 11 is 0. The van der Waals surface area contributed by atoms with Crippen molar-refractivity contribution in [3.05, 3.63) is 0 Å². The van der Waals surface area contributed by atoms with E-state index in [1.165, 1.54) is 13.0 Å². The van der Waals surface area contributed by atoms with Gasteiger partial charge in [-0.1, -0.05) is 0 Å². The minimum Gasteiger partial charge on any atom is -0.359 e. The van der Waals surface area contributed by atoms with E-state index in [-0.39, 0.29) is 18.1 Å². The standard InChI is InChI=1S/C10H20N2O.ClH/c1-8-7-13-10(2,12-8)5-9-3-4-11-6-9;/h8-9,11-12H,3-7H2,1-2H3;1H. The highest BCUT2D eigenvalue weighted by Crippen LogP contribution is 2.26. The van der Waals surface area contributed by atoms with Crippen molar-refractivity contribution in [2.75, 3.05) is 19.7 Å². The Morgan fingerprint density at radius 3 is 2.79 bits per heavy atom. The molecule has 2 fully saturated rings. The number of nitrogens with one attached hydrogen (secondary N) is 2. The Morgan fingerprint density at radius 1 is 1.50 bits per heavy atom. The highest BCUT2D eigenvalue weighted by atomic mass is 35.5. The van der Waals surface area contributed by atoms with Crippen molar-refractivity contribution in [1.29, 1.82) is 0 Å². The van der Waals surface area contributed by atoms with Crippen LogP contribution in [0, 0.1) is 5.92 Å². The number of hydrogen-bond acceptors (Lipinski definition) is 3. The van der Waals surface area contributed by atoms with Gasteiger partial charge in [-0.25, -0.2) is 0 Å². The van der Waals surface area contributed by atoms with E-state index in [0.29, 0.717) is 6.04 Å². The smallest absolute Gasteiger partial charge is 0.117 e. The van der Waals surface area contributed by atoms with Crippen LogP contribution in [0.3, 0.4) is 0 Å². The Hall–Kier alpha value is 0.170. The van der Waals surface area contributed by atoms with E-state index < -0.39 is 0 Å². The van der Waals surface area contributed by atoms with E-state index in [1.807, 2.05) is 0 Å². The minimum atomic E-state index is -0.0594. The molecule has 3 nitrogen and oxygen atoms in total. The SMILES string of the molecule is CC1COC(C)(CC2CCNC2)N1.Cl. The third kappa shape index (κ3) is 2.83. The van der Waals surface area contributed by atoms with Crippen LogP contribution in [-0.4, -0.2) is 31.5 Å². The van der Waals surface area contributed by atoms with E-state index in [2.05, 4.69) is 24.5 Å². The number of halogens is 1. The molecule has 0 saturated carbocycles. The quantitative estimate of drug-likeness (QED) is 0.732. The van der Waals surface area contributed by atoms with Gasteiger partial charge in [0.15, 0.2) is 0 Å². The molecule has 4 heteroatoms. The second kappa shape index (κ2) is 4.79. The Kier molecular flexibility index (Phi) is 4.19. The van der Waals surface area contributed by atoms with Crippen LogP contribution in [0.2, 0.25) is 0 Å². The zero-order valence-corrected chi connectivity index (χ0v) is 9.82. The first-order valence-corrected chi connectivity index (χ1v) is 5.30. The molecule has 0 amide bonds. The molecule has 3 unspecified atom stereocenters. The van der Waals surface area contributed by atoms with Gasteiger partial charge in [-0.2, -0.15) is 0 Å². The summed E-state index contributed by atoms with van der Waals surface area (Å²) in [6.45, 7) is 7.55.